The van der Waals surface area contributed by atoms with Gasteiger partial charge in [0.25, 0.3) is 23.6 Å². The van der Waals surface area contributed by atoms with Crippen LogP contribution in [0.25, 0.3) is 0 Å². The molecule has 0 saturated carbocycles. The van der Waals surface area contributed by atoms with Crippen LogP contribution in [0, 0.1) is 0 Å². The fourth-order valence-electron chi connectivity index (χ4n) is 12.9. The quantitative estimate of drug-likeness (QED) is 0.00829. The van der Waals surface area contributed by atoms with Crippen molar-refractivity contribution in [3.05, 3.63) is 274 Å². The Morgan fingerprint density at radius 3 is 0.839 bits per heavy atom. The molecular formula is C99H119F9N18O23. The largest absolute Gasteiger partial charge is 0.508 e. The molecule has 0 aliphatic rings. The lowest BCUT2D eigenvalue weighted by molar-refractivity contribution is -0.193. The van der Waals surface area contributed by atoms with Crippen LogP contribution in [0.1, 0.15) is 126 Å². The molecule has 0 aliphatic heterocycles. The number of phenols is 2. The normalized spacial score (nSPS) is 11.7. The van der Waals surface area contributed by atoms with Gasteiger partial charge < -0.3 is 125 Å². The van der Waals surface area contributed by atoms with Gasteiger partial charge in [-0.1, -0.05) is 153 Å². The fourth-order valence-corrected chi connectivity index (χ4v) is 12.9. The van der Waals surface area contributed by atoms with Crippen molar-refractivity contribution >= 4 is 95.1 Å². The molecule has 13 amide bonds. The monoisotopic (exact) mass is 2100 g/mol. The van der Waals surface area contributed by atoms with Gasteiger partial charge in [0, 0.05) is 120 Å². The molecule has 2 atom stereocenters. The van der Waals surface area contributed by atoms with Crippen LogP contribution in [0.2, 0.25) is 0 Å². The number of amides is 13. The molecule has 149 heavy (non-hydrogen) atoms. The van der Waals surface area contributed by atoms with E-state index >= 15 is 0 Å². The summed E-state index contributed by atoms with van der Waals surface area (Å²) in [4.78, 5) is 181. The topological polar surface area (TPSA) is 613 Å². The first-order valence-corrected chi connectivity index (χ1v) is 46.2. The molecule has 8 aromatic rings. The molecule has 8 rings (SSSR count). The van der Waals surface area contributed by atoms with E-state index in [2.05, 4.69) is 79.1 Å². The van der Waals surface area contributed by atoms with Crippen LogP contribution in [0.3, 0.4) is 0 Å². The number of aliphatic imine (C=N–C) groups is 2. The number of hydrogen-bond donors (Lipinski definition) is 20. The molecule has 41 nitrogen and oxygen atoms in total. The zero-order valence-corrected chi connectivity index (χ0v) is 80.7. The Morgan fingerprint density at radius 2 is 0.577 bits per heavy atom. The minimum atomic E-state index is -5.08. The number of carboxylic acid groups (broad SMARTS) is 3. The van der Waals surface area contributed by atoms with Crippen molar-refractivity contribution in [3.63, 3.8) is 0 Å². The Morgan fingerprint density at radius 1 is 0.322 bits per heavy atom. The smallest absolute Gasteiger partial charge is 0.490 e. The minimum absolute atomic E-state index is 0.0924. The molecule has 0 radical (unpaired) electrons. The van der Waals surface area contributed by atoms with Crippen LogP contribution in [0.15, 0.2) is 228 Å². The predicted molar refractivity (Wildman–Crippen MR) is 524 cm³/mol. The summed E-state index contributed by atoms with van der Waals surface area (Å²) in [6.45, 7) is 6.59. The van der Waals surface area contributed by atoms with E-state index in [9.17, 15) is 102 Å². The van der Waals surface area contributed by atoms with Crippen molar-refractivity contribution in [2.75, 3.05) is 131 Å². The van der Waals surface area contributed by atoms with Gasteiger partial charge in [-0.15, -0.1) is 0 Å². The SMILES string of the molecule is CCC(=O)NCCN(CCNC(=O)c1ccc(C(=O)NCCOCCOCCNC(=O)/N=C(/N)NCCC[C@@H](NC(=O)C(c2ccccc2)c2ccccc2)C(=O)NCc2ccc(O)cc2)cc1)CCNC(=O)c1ccc(C(=O)NCCOCCOCCNC(=O)/N=C(/N)NCCC[C@@H](NC(=O)C(c2ccccc2)c2ccccc2)C(=O)NCc2ccc(O)cc2)cc1.O=C(O)C(F)(F)F.O=C(O)C(F)(F)F.O=C(O)C(F)(F)F. The maximum atomic E-state index is 14.0. The standard InChI is InChI=1S/C93H116N18O17.3C2HF3O2/c1-2-79(114)96-45-52-111(53-46-97-82(115)71-31-35-73(36-32-71)84(117)99-48-55-125-59-61-127-57-50-103-92(123)109-90(94)101-43-15-25-77(86(119)105-63-65-27-39-75(112)40-28-65)107-88(121)80(67-17-7-3-8-18-67)68-19-9-4-10-20-68)54-47-98-83(116)72-33-37-74(38-34-72)85(118)100-49-56-126-60-62-128-58-51-104-93(124)110-91(95)102-44-16-26-78(87(120)106-64-66-29-41-76(113)42-30-66)108-89(122)81(69-21-11-5-12-22-69)70-23-13-6-14-24-70;3*3-2(4,5)1(6)7/h3-14,17-24,27-42,77-78,80-81,112-113H,2,15-16,25-26,43-64H2,1H3,(H,96,114)(H,97,115)(H,98,116)(H,99,117)(H,100,118)(H,105,119)(H,106,120)(H,107,121)(H,108,122)(H4,94,101,103,109,123)(H4,95,102,104,110,124);3*(H,6,7)/t77-,78-;;;/m1.../s1. The van der Waals surface area contributed by atoms with Gasteiger partial charge in [0.2, 0.25) is 29.5 Å². The van der Waals surface area contributed by atoms with E-state index in [1.54, 1.807) is 31.2 Å². The van der Waals surface area contributed by atoms with E-state index in [1.807, 2.05) is 126 Å². The number of aliphatic carboxylic acids is 3. The van der Waals surface area contributed by atoms with Gasteiger partial charge in [0.15, 0.2) is 11.9 Å². The molecule has 8 aromatic carbocycles. The van der Waals surface area contributed by atoms with E-state index in [4.69, 9.17) is 60.1 Å². The molecule has 0 unspecified atom stereocenters. The Labute approximate surface area is 849 Å². The highest BCUT2D eigenvalue weighted by Crippen LogP contribution is 2.28. The maximum Gasteiger partial charge on any atom is 0.490 e. The lowest BCUT2D eigenvalue weighted by atomic mass is 9.90. The van der Waals surface area contributed by atoms with Crippen molar-refractivity contribution in [1.29, 1.82) is 0 Å². The van der Waals surface area contributed by atoms with E-state index in [0.717, 1.165) is 33.4 Å². The second kappa shape index (κ2) is 67.4. The summed E-state index contributed by atoms with van der Waals surface area (Å²) in [5.41, 5.74) is 17.9. The van der Waals surface area contributed by atoms with Crippen LogP contribution in [0.4, 0.5) is 49.1 Å². The van der Waals surface area contributed by atoms with Gasteiger partial charge in [-0.3, -0.25) is 48.1 Å². The van der Waals surface area contributed by atoms with E-state index in [-0.39, 0.29) is 196 Å². The first-order valence-electron chi connectivity index (χ1n) is 46.2. The first-order chi connectivity index (χ1) is 71.0. The Bertz CT molecular complexity index is 5140. The number of benzene rings is 8. The number of nitrogens with two attached hydrogens (primary N) is 2. The summed E-state index contributed by atoms with van der Waals surface area (Å²) >= 11 is 0. The summed E-state index contributed by atoms with van der Waals surface area (Å²) in [6, 6.07) is 59.0. The lowest BCUT2D eigenvalue weighted by Crippen LogP contribution is -2.48. The highest BCUT2D eigenvalue weighted by molar-refractivity contribution is 6.00. The molecule has 0 fully saturated rings. The van der Waals surface area contributed by atoms with Crippen LogP contribution >= 0.6 is 0 Å². The Kier molecular flexibility index (Phi) is 55.7. The molecule has 0 aliphatic carbocycles. The van der Waals surface area contributed by atoms with Crippen molar-refractivity contribution in [3.8, 4) is 11.5 Å². The number of rotatable bonds is 54. The van der Waals surface area contributed by atoms with E-state index in [1.165, 1.54) is 72.8 Å². The second-order valence-electron chi connectivity index (χ2n) is 31.6. The number of guanidine groups is 2. The fraction of sp³-hybridized carbons (Fsp3) is 0.354. The number of urea groups is 2. The molecule has 0 heterocycles. The number of phenolic OH excluding ortho intramolecular Hbond substituents is 2. The van der Waals surface area contributed by atoms with Gasteiger partial charge in [-0.2, -0.15) is 49.5 Å². The van der Waals surface area contributed by atoms with Crippen LogP contribution in [0.5, 0.6) is 11.5 Å². The van der Waals surface area contributed by atoms with Gasteiger partial charge in [0.05, 0.1) is 64.7 Å². The third-order valence-corrected chi connectivity index (χ3v) is 20.4. The number of halogens is 9. The van der Waals surface area contributed by atoms with Crippen molar-refractivity contribution in [2.45, 2.75) is 94.6 Å². The number of hydrogen-bond acceptors (Lipinski definition) is 21. The molecule has 22 N–H and O–H groups in total. The number of carboxylic acids is 3. The number of carbonyl (C=O) groups excluding carboxylic acids is 11. The number of alkyl halides is 9. The molecule has 0 bridgehead atoms. The number of nitrogens with zero attached hydrogens (tertiary/aromatic N) is 3. The summed E-state index contributed by atoms with van der Waals surface area (Å²) in [5.74, 6) is -12.9. The second-order valence-corrected chi connectivity index (χ2v) is 31.6. The highest BCUT2D eigenvalue weighted by atomic mass is 19.4. The zero-order chi connectivity index (χ0) is 110. The molecule has 0 spiro atoms. The van der Waals surface area contributed by atoms with Gasteiger partial charge >= 0.3 is 48.5 Å². The molecule has 50 heteroatoms. The maximum absolute atomic E-state index is 14.0. The van der Waals surface area contributed by atoms with Crippen LogP contribution in [-0.4, -0.2) is 287 Å². The number of aromatic hydroxyl groups is 2. The molecule has 0 aromatic heterocycles. The van der Waals surface area contributed by atoms with Gasteiger partial charge in [-0.05, 0) is 132 Å². The highest BCUT2D eigenvalue weighted by Gasteiger charge is 2.40. The predicted octanol–water partition coefficient (Wildman–Crippen LogP) is 6.57. The molecule has 0 saturated heterocycles. The number of carbonyl (C=O) groups is 14. The third kappa shape index (κ3) is 51.3. The summed E-state index contributed by atoms with van der Waals surface area (Å²) in [6.07, 6.45) is -13.8. The number of nitrogens with one attached hydrogen (secondary N) is 13. The van der Waals surface area contributed by atoms with Crippen molar-refractivity contribution in [1.82, 2.24) is 74.0 Å². The average molecular weight is 2100 g/mol. The van der Waals surface area contributed by atoms with Crippen LogP contribution < -0.4 is 80.6 Å². The summed E-state index contributed by atoms with van der Waals surface area (Å²) in [5, 5.41) is 77.6. The van der Waals surface area contributed by atoms with Crippen molar-refractivity contribution in [2.24, 2.45) is 21.5 Å². The molecular weight excluding hydrogens is 1980 g/mol. The third-order valence-electron chi connectivity index (χ3n) is 20.4. The summed E-state index contributed by atoms with van der Waals surface area (Å²) < 4.78 is 117. The van der Waals surface area contributed by atoms with Crippen molar-refractivity contribution < 1.29 is 151 Å². The Hall–Kier alpha value is -16.4. The van der Waals surface area contributed by atoms with E-state index in [0.29, 0.717) is 67.7 Å². The van der Waals surface area contributed by atoms with Gasteiger partial charge in [-0.25, -0.2) is 24.0 Å². The first kappa shape index (κ1) is 123. The minimum Gasteiger partial charge on any atom is -0.508 e. The lowest BCUT2D eigenvalue weighted by Gasteiger charge is -2.23. The zero-order valence-electron chi connectivity index (χ0n) is 80.7. The molecule has 806 valence electrons. The van der Waals surface area contributed by atoms with E-state index < -0.39 is 84.2 Å². The Balaban J connectivity index is 0.00000167. The number of ether oxygens (including phenoxy) is 4. The van der Waals surface area contributed by atoms with Crippen LogP contribution in [-0.2, 0) is 70.4 Å². The van der Waals surface area contributed by atoms with Gasteiger partial charge in [0.1, 0.15) is 23.6 Å². The average Bonchev–Trinajstić information content (AvgIpc) is 0.823. The summed E-state index contributed by atoms with van der Waals surface area (Å²) in [7, 11) is 0.